The molecule has 0 atom stereocenters. The predicted octanol–water partition coefficient (Wildman–Crippen LogP) is 4.95. The fraction of sp³-hybridized carbons (Fsp3) is 0.182. The van der Waals surface area contributed by atoms with Crippen LogP contribution in [-0.2, 0) is 23.9 Å². The van der Waals surface area contributed by atoms with Crippen LogP contribution in [0.4, 0.5) is 24.5 Å². The quantitative estimate of drug-likeness (QED) is 0.657. The van der Waals surface area contributed by atoms with E-state index in [2.05, 4.69) is 5.32 Å². The van der Waals surface area contributed by atoms with Gasteiger partial charge in [0.2, 0.25) is 5.91 Å². The van der Waals surface area contributed by atoms with Gasteiger partial charge in [-0.2, -0.15) is 13.2 Å². The Labute approximate surface area is 170 Å². The Balaban J connectivity index is 1.56. The largest absolute Gasteiger partial charge is 0.459 e. The number of alkyl halides is 3. The summed E-state index contributed by atoms with van der Waals surface area (Å²) in [5.74, 6) is -0.842. The molecule has 0 saturated heterocycles. The summed E-state index contributed by atoms with van der Waals surface area (Å²) in [6, 6.07) is 12.5. The molecule has 0 bridgehead atoms. The average molecular weight is 414 g/mol. The van der Waals surface area contributed by atoms with Crippen molar-refractivity contribution in [3.63, 3.8) is 0 Å². The summed E-state index contributed by atoms with van der Waals surface area (Å²) in [5.41, 5.74) is 1.37. The molecule has 3 aromatic rings. The highest BCUT2D eigenvalue weighted by molar-refractivity contribution is 6.04. The number of hydrogen-bond donors (Lipinski definition) is 1. The summed E-state index contributed by atoms with van der Waals surface area (Å²) >= 11 is 0. The number of anilines is 2. The zero-order chi connectivity index (χ0) is 21.5. The number of carbonyl (C=O) groups is 2. The van der Waals surface area contributed by atoms with Crippen LogP contribution in [0.25, 0.3) is 0 Å². The van der Waals surface area contributed by atoms with Crippen molar-refractivity contribution in [2.24, 2.45) is 0 Å². The minimum absolute atomic E-state index is 0.00266. The lowest BCUT2D eigenvalue weighted by atomic mass is 10.1. The number of rotatable bonds is 4. The normalized spacial score (nSPS) is 13.5. The average Bonchev–Trinajstić information content (AvgIpc) is 3.27. The van der Waals surface area contributed by atoms with Crippen LogP contribution in [0.3, 0.4) is 0 Å². The second-order valence-electron chi connectivity index (χ2n) is 7.04. The Bertz CT molecular complexity index is 1130. The lowest BCUT2D eigenvalue weighted by Gasteiger charge is -2.17. The highest BCUT2D eigenvalue weighted by Gasteiger charge is 2.33. The molecule has 0 aliphatic carbocycles. The third-order valence-corrected chi connectivity index (χ3v) is 5.01. The van der Waals surface area contributed by atoms with E-state index in [4.69, 9.17) is 4.42 Å². The van der Waals surface area contributed by atoms with Gasteiger partial charge in [0.25, 0.3) is 5.91 Å². The van der Waals surface area contributed by atoms with Gasteiger partial charge in [0, 0.05) is 16.9 Å². The molecule has 4 rings (SSSR count). The minimum atomic E-state index is -4.52. The van der Waals surface area contributed by atoms with Crippen LogP contribution in [0.2, 0.25) is 0 Å². The Morgan fingerprint density at radius 1 is 1.17 bits per heavy atom. The van der Waals surface area contributed by atoms with E-state index in [1.165, 1.54) is 25.3 Å². The Hall–Kier alpha value is -3.55. The van der Waals surface area contributed by atoms with E-state index in [-0.39, 0.29) is 35.9 Å². The van der Waals surface area contributed by atoms with E-state index in [0.29, 0.717) is 5.56 Å². The number of benzene rings is 2. The van der Waals surface area contributed by atoms with Gasteiger partial charge in [-0.1, -0.05) is 24.3 Å². The fourth-order valence-electron chi connectivity index (χ4n) is 3.51. The van der Waals surface area contributed by atoms with E-state index in [1.54, 1.807) is 11.0 Å². The van der Waals surface area contributed by atoms with Gasteiger partial charge in [0.1, 0.15) is 0 Å². The van der Waals surface area contributed by atoms with Gasteiger partial charge >= 0.3 is 6.18 Å². The number of furan rings is 1. The topological polar surface area (TPSA) is 62.6 Å². The fourth-order valence-corrected chi connectivity index (χ4v) is 3.51. The number of nitrogens with zero attached hydrogens (tertiary/aromatic N) is 1. The van der Waals surface area contributed by atoms with Crippen molar-refractivity contribution in [3.8, 4) is 0 Å². The lowest BCUT2D eigenvalue weighted by molar-refractivity contribution is -0.138. The number of amides is 2. The van der Waals surface area contributed by atoms with Gasteiger partial charge in [-0.25, -0.2) is 0 Å². The maximum absolute atomic E-state index is 13.1. The third kappa shape index (κ3) is 3.68. The Morgan fingerprint density at radius 2 is 1.93 bits per heavy atom. The molecule has 0 fully saturated rings. The first kappa shape index (κ1) is 19.8. The van der Waals surface area contributed by atoms with Gasteiger partial charge < -0.3 is 14.6 Å². The van der Waals surface area contributed by atoms with Crippen LogP contribution in [-0.4, -0.2) is 11.8 Å². The molecule has 2 aromatic carbocycles. The van der Waals surface area contributed by atoms with Crippen molar-refractivity contribution in [1.29, 1.82) is 0 Å². The number of para-hydroxylation sites is 1. The molecule has 30 heavy (non-hydrogen) atoms. The number of fused-ring (bicyclic) bond motifs is 1. The number of halogens is 3. The van der Waals surface area contributed by atoms with E-state index in [9.17, 15) is 22.8 Å². The molecular weight excluding hydrogens is 397 g/mol. The highest BCUT2D eigenvalue weighted by Crippen LogP contribution is 2.34. The van der Waals surface area contributed by atoms with Crippen LogP contribution in [0.5, 0.6) is 0 Å². The number of hydrogen-bond acceptors (Lipinski definition) is 3. The molecule has 1 aliphatic heterocycles. The lowest BCUT2D eigenvalue weighted by Crippen LogP contribution is -2.27. The maximum Gasteiger partial charge on any atom is 0.416 e. The zero-order valence-electron chi connectivity index (χ0n) is 15.9. The van der Waals surface area contributed by atoms with Crippen molar-refractivity contribution in [1.82, 2.24) is 0 Å². The van der Waals surface area contributed by atoms with Crippen molar-refractivity contribution in [3.05, 3.63) is 82.8 Å². The first-order valence-corrected chi connectivity index (χ1v) is 9.18. The van der Waals surface area contributed by atoms with Gasteiger partial charge in [0.15, 0.2) is 5.76 Å². The van der Waals surface area contributed by atoms with Gasteiger partial charge in [0.05, 0.1) is 24.8 Å². The van der Waals surface area contributed by atoms with Crippen molar-refractivity contribution < 1.29 is 27.2 Å². The summed E-state index contributed by atoms with van der Waals surface area (Å²) in [6.07, 6.45) is -2.93. The smallest absolute Gasteiger partial charge is 0.416 e. The molecule has 1 aromatic heterocycles. The number of nitrogens with one attached hydrogen (secondary N) is 1. The number of carbonyl (C=O) groups excluding carboxylic acids is 2. The zero-order valence-corrected chi connectivity index (χ0v) is 15.9. The van der Waals surface area contributed by atoms with Gasteiger partial charge in [-0.05, 0) is 42.3 Å². The first-order valence-electron chi connectivity index (χ1n) is 9.18. The van der Waals surface area contributed by atoms with E-state index in [1.807, 2.05) is 24.3 Å². The molecule has 0 unspecified atom stereocenters. The number of aryl methyl sites for hydroxylation is 1. The summed E-state index contributed by atoms with van der Waals surface area (Å²) in [5, 5.41) is 2.44. The van der Waals surface area contributed by atoms with Crippen molar-refractivity contribution >= 4 is 23.2 Å². The maximum atomic E-state index is 13.1. The highest BCUT2D eigenvalue weighted by atomic mass is 19.4. The molecule has 1 N–H and O–H groups in total. The Morgan fingerprint density at radius 3 is 2.70 bits per heavy atom. The third-order valence-electron chi connectivity index (χ3n) is 5.01. The van der Waals surface area contributed by atoms with Crippen LogP contribution in [0.15, 0.2) is 59.2 Å². The predicted molar refractivity (Wildman–Crippen MR) is 104 cm³/mol. The summed E-state index contributed by atoms with van der Waals surface area (Å²) < 4.78 is 44.6. The van der Waals surface area contributed by atoms with Crippen molar-refractivity contribution in [2.45, 2.75) is 26.1 Å². The molecule has 2 amide bonds. The van der Waals surface area contributed by atoms with E-state index < -0.39 is 17.6 Å². The summed E-state index contributed by atoms with van der Waals surface area (Å²) in [7, 11) is 0. The van der Waals surface area contributed by atoms with E-state index in [0.717, 1.165) is 17.3 Å². The second-order valence-corrected chi connectivity index (χ2v) is 7.04. The summed E-state index contributed by atoms with van der Waals surface area (Å²) in [6.45, 7) is 1.47. The van der Waals surface area contributed by atoms with E-state index >= 15 is 0 Å². The van der Waals surface area contributed by atoms with Crippen LogP contribution < -0.4 is 10.2 Å². The SMILES string of the molecule is Cc1ccc(NC(=O)c2occc2CN2C(=O)Cc3ccccc32)cc1C(F)(F)F. The first-order chi connectivity index (χ1) is 14.2. The molecular formula is C22H17F3N2O3. The van der Waals surface area contributed by atoms with Crippen molar-refractivity contribution in [2.75, 3.05) is 10.2 Å². The van der Waals surface area contributed by atoms with Crippen LogP contribution >= 0.6 is 0 Å². The standard InChI is InChI=1S/C22H17F3N2O3/c1-13-6-7-16(11-17(13)22(23,24)25)26-21(29)20-15(8-9-30-20)12-27-18-5-3-2-4-14(18)10-19(27)28/h2-9,11H,10,12H2,1H3,(H,26,29). The molecule has 5 nitrogen and oxygen atoms in total. The van der Waals surface area contributed by atoms with Crippen LogP contribution in [0, 0.1) is 6.92 Å². The monoisotopic (exact) mass is 414 g/mol. The molecule has 0 spiro atoms. The second kappa shape index (κ2) is 7.37. The van der Waals surface area contributed by atoms with Gasteiger partial charge in [-0.15, -0.1) is 0 Å². The van der Waals surface area contributed by atoms with Gasteiger partial charge in [-0.3, -0.25) is 9.59 Å². The Kier molecular flexibility index (Phi) is 4.85. The molecule has 2 heterocycles. The molecule has 8 heteroatoms. The summed E-state index contributed by atoms with van der Waals surface area (Å²) in [4.78, 5) is 26.6. The molecule has 1 aliphatic rings. The molecule has 0 saturated carbocycles. The molecule has 0 radical (unpaired) electrons. The minimum Gasteiger partial charge on any atom is -0.459 e. The molecule has 154 valence electrons. The van der Waals surface area contributed by atoms with Crippen LogP contribution in [0.1, 0.15) is 32.8 Å².